The third-order valence-electron chi connectivity index (χ3n) is 0.910. The van der Waals surface area contributed by atoms with Crippen LogP contribution in [-0.4, -0.2) is 0 Å². The summed E-state index contributed by atoms with van der Waals surface area (Å²) in [6, 6.07) is 10.4. The van der Waals surface area contributed by atoms with Crippen LogP contribution in [0.1, 0.15) is 5.56 Å². The Morgan fingerprint density at radius 1 is 1.33 bits per heavy atom. The molecule has 0 heterocycles. The second-order valence-corrected chi connectivity index (χ2v) is 1.90. The molecular weight excluding hydrogens is 176 g/mol. The van der Waals surface area contributed by atoms with Crippen LogP contribution in [0.5, 0.6) is 0 Å². The van der Waals surface area contributed by atoms with E-state index in [0.29, 0.717) is 0 Å². The van der Waals surface area contributed by atoms with Gasteiger partial charge in [0.2, 0.25) is 0 Å². The standard InChI is InChI=1S/C8H4Br/c9-7-6-8-4-2-1-3-5-8/h2-5H. The summed E-state index contributed by atoms with van der Waals surface area (Å²) in [5, 5.41) is 0. The van der Waals surface area contributed by atoms with Gasteiger partial charge in [0.05, 0.1) is 0 Å². The smallest absolute Gasteiger partial charge is 0.0254 e. The van der Waals surface area contributed by atoms with Crippen LogP contribution in [0.3, 0.4) is 0 Å². The Bertz CT molecular complexity index is 228. The average Bonchev–Trinajstić information content (AvgIpc) is 1.91. The van der Waals surface area contributed by atoms with E-state index in [-0.39, 0.29) is 0 Å². The van der Waals surface area contributed by atoms with Crippen LogP contribution in [0.25, 0.3) is 0 Å². The Labute approximate surface area is 63.0 Å². The molecule has 0 aliphatic carbocycles. The molecule has 0 saturated heterocycles. The van der Waals surface area contributed by atoms with Gasteiger partial charge in [0.1, 0.15) is 0 Å². The lowest BCUT2D eigenvalue weighted by Gasteiger charge is -1.82. The van der Waals surface area contributed by atoms with E-state index in [4.69, 9.17) is 0 Å². The molecule has 1 radical (unpaired) electrons. The van der Waals surface area contributed by atoms with E-state index in [0.717, 1.165) is 5.56 Å². The summed E-state index contributed by atoms with van der Waals surface area (Å²) in [6.07, 6.45) is 0. The van der Waals surface area contributed by atoms with Gasteiger partial charge in [-0.25, -0.2) is 0 Å². The zero-order valence-electron chi connectivity index (χ0n) is 4.69. The molecular formula is C8H4Br. The minimum absolute atomic E-state index is 1.01. The topological polar surface area (TPSA) is 0 Å². The van der Waals surface area contributed by atoms with Gasteiger partial charge in [-0.05, 0) is 23.0 Å². The van der Waals surface area contributed by atoms with Crippen molar-refractivity contribution in [2.24, 2.45) is 0 Å². The van der Waals surface area contributed by atoms with E-state index in [1.165, 1.54) is 0 Å². The molecule has 0 spiro atoms. The van der Waals surface area contributed by atoms with E-state index < -0.39 is 0 Å². The fraction of sp³-hybridized carbons (Fsp3) is 0. The highest BCUT2D eigenvalue weighted by Gasteiger charge is 1.78. The molecule has 0 bridgehead atoms. The number of halogens is 1. The number of hydrogen-bond acceptors (Lipinski definition) is 0. The van der Waals surface area contributed by atoms with Crippen molar-refractivity contribution >= 4 is 15.9 Å². The Balaban J connectivity index is 2.94. The molecule has 1 aromatic carbocycles. The summed E-state index contributed by atoms with van der Waals surface area (Å²) < 4.78 is 0. The van der Waals surface area contributed by atoms with Gasteiger partial charge in [-0.15, -0.1) is 0 Å². The van der Waals surface area contributed by atoms with Crippen molar-refractivity contribution in [1.82, 2.24) is 0 Å². The molecule has 0 atom stereocenters. The Kier molecular flexibility index (Phi) is 2.35. The van der Waals surface area contributed by atoms with Gasteiger partial charge in [0.15, 0.2) is 0 Å². The number of benzene rings is 1. The molecule has 0 saturated carbocycles. The molecule has 0 aliphatic heterocycles. The molecule has 0 aliphatic rings. The van der Waals surface area contributed by atoms with Gasteiger partial charge < -0.3 is 0 Å². The number of rotatable bonds is 0. The summed E-state index contributed by atoms with van der Waals surface area (Å²) in [4.78, 5) is 2.63. The van der Waals surface area contributed by atoms with Crippen LogP contribution in [-0.2, 0) is 0 Å². The molecule has 0 fully saturated rings. The second-order valence-electron chi connectivity index (χ2n) is 1.51. The summed E-state index contributed by atoms with van der Waals surface area (Å²) >= 11 is 3.01. The molecule has 0 nitrogen and oxygen atoms in total. The first kappa shape index (κ1) is 6.38. The zero-order chi connectivity index (χ0) is 6.53. The Hall–Kier alpha value is -0.740. The third-order valence-corrected chi connectivity index (χ3v) is 1.11. The molecule has 1 heteroatoms. The maximum Gasteiger partial charge on any atom is 0.0254 e. The second kappa shape index (κ2) is 3.32. The van der Waals surface area contributed by atoms with E-state index >= 15 is 0 Å². The molecule has 1 rings (SSSR count). The van der Waals surface area contributed by atoms with Gasteiger partial charge in [0.25, 0.3) is 0 Å². The molecule has 43 valence electrons. The van der Waals surface area contributed by atoms with Crippen LogP contribution in [0, 0.1) is 16.8 Å². The SMILES string of the molecule is BrC#Cc1cc[c]cc1. The van der Waals surface area contributed by atoms with Crippen LogP contribution in [0.4, 0.5) is 0 Å². The lowest BCUT2D eigenvalue weighted by atomic mass is 10.2. The van der Waals surface area contributed by atoms with Crippen LogP contribution in [0.2, 0.25) is 0 Å². The molecule has 0 aromatic heterocycles. The van der Waals surface area contributed by atoms with E-state index in [2.05, 4.69) is 32.7 Å². The minimum atomic E-state index is 1.01. The highest BCUT2D eigenvalue weighted by atomic mass is 79.9. The van der Waals surface area contributed by atoms with Crippen molar-refractivity contribution in [2.75, 3.05) is 0 Å². The summed E-state index contributed by atoms with van der Waals surface area (Å²) in [5.74, 6) is 2.85. The van der Waals surface area contributed by atoms with Gasteiger partial charge in [-0.3, -0.25) is 0 Å². The molecule has 0 unspecified atom stereocenters. The summed E-state index contributed by atoms with van der Waals surface area (Å²) in [5.41, 5.74) is 1.01. The molecule has 0 N–H and O–H groups in total. The fourth-order valence-electron chi connectivity index (χ4n) is 0.525. The Morgan fingerprint density at radius 2 is 2.00 bits per heavy atom. The van der Waals surface area contributed by atoms with Crippen molar-refractivity contribution in [3.63, 3.8) is 0 Å². The lowest BCUT2D eigenvalue weighted by Crippen LogP contribution is -1.67. The van der Waals surface area contributed by atoms with Crippen LogP contribution in [0.15, 0.2) is 24.3 Å². The molecule has 9 heavy (non-hydrogen) atoms. The molecule has 1 aromatic rings. The first-order valence-electron chi connectivity index (χ1n) is 2.51. The first-order valence-corrected chi connectivity index (χ1v) is 3.30. The van der Waals surface area contributed by atoms with Gasteiger partial charge in [-0.2, -0.15) is 0 Å². The monoisotopic (exact) mass is 179 g/mol. The van der Waals surface area contributed by atoms with E-state index in [1.807, 2.05) is 24.3 Å². The lowest BCUT2D eigenvalue weighted by molar-refractivity contribution is 1.64. The highest BCUT2D eigenvalue weighted by molar-refractivity contribution is 9.12. The van der Waals surface area contributed by atoms with E-state index in [1.54, 1.807) is 0 Å². The predicted octanol–water partition coefficient (Wildman–Crippen LogP) is 2.19. The van der Waals surface area contributed by atoms with Gasteiger partial charge >= 0.3 is 0 Å². The fourth-order valence-corrected chi connectivity index (χ4v) is 0.754. The zero-order valence-corrected chi connectivity index (χ0v) is 6.27. The minimum Gasteiger partial charge on any atom is -0.0545 e. The van der Waals surface area contributed by atoms with Crippen molar-refractivity contribution in [3.8, 4) is 10.8 Å². The summed E-state index contributed by atoms with van der Waals surface area (Å²) in [6.45, 7) is 0. The van der Waals surface area contributed by atoms with Gasteiger partial charge in [-0.1, -0.05) is 18.1 Å². The van der Waals surface area contributed by atoms with Crippen LogP contribution >= 0.6 is 15.9 Å². The summed E-state index contributed by atoms with van der Waals surface area (Å²) in [7, 11) is 0. The highest BCUT2D eigenvalue weighted by Crippen LogP contribution is 1.94. The Morgan fingerprint density at radius 3 is 2.56 bits per heavy atom. The van der Waals surface area contributed by atoms with Crippen molar-refractivity contribution in [3.05, 3.63) is 35.9 Å². The largest absolute Gasteiger partial charge is 0.0545 e. The third kappa shape index (κ3) is 1.91. The predicted molar refractivity (Wildman–Crippen MR) is 41.1 cm³/mol. The average molecular weight is 180 g/mol. The van der Waals surface area contributed by atoms with Crippen molar-refractivity contribution < 1.29 is 0 Å². The molecule has 0 amide bonds. The van der Waals surface area contributed by atoms with Crippen molar-refractivity contribution in [1.29, 1.82) is 0 Å². The number of hydrogen-bond donors (Lipinski definition) is 0. The van der Waals surface area contributed by atoms with Crippen molar-refractivity contribution in [2.45, 2.75) is 0 Å². The normalized spacial score (nSPS) is 7.67. The first-order chi connectivity index (χ1) is 4.43. The maximum absolute atomic E-state index is 3.01. The maximum atomic E-state index is 3.01. The van der Waals surface area contributed by atoms with Crippen LogP contribution < -0.4 is 0 Å². The van der Waals surface area contributed by atoms with E-state index in [9.17, 15) is 0 Å². The quantitative estimate of drug-likeness (QED) is 0.537. The van der Waals surface area contributed by atoms with Gasteiger partial charge in [0, 0.05) is 21.5 Å².